The summed E-state index contributed by atoms with van der Waals surface area (Å²) in [5.74, 6) is -5.98. The van der Waals surface area contributed by atoms with Crippen molar-refractivity contribution in [1.29, 1.82) is 0 Å². The summed E-state index contributed by atoms with van der Waals surface area (Å²) in [7, 11) is 2.54. The molecule has 42 nitrogen and oxygen atoms in total. The second-order valence-electron chi connectivity index (χ2n) is 39.3. The Bertz CT molecular complexity index is 6090. The van der Waals surface area contributed by atoms with Gasteiger partial charge < -0.3 is 99.9 Å². The average Bonchev–Trinajstić information content (AvgIpc) is 1.46. The van der Waals surface area contributed by atoms with Crippen molar-refractivity contribution in [2.75, 3.05) is 118 Å². The number of halogens is 6. The number of nitrogens with one attached hydrogen (secondary N) is 7. The third-order valence-corrected chi connectivity index (χ3v) is 30.2. The molecule has 0 aliphatic carbocycles. The number of carbonyl (C=O) groups is 4. The molecule has 5 saturated heterocycles. The molecule has 0 radical (unpaired) electrons. The van der Waals surface area contributed by atoms with E-state index in [9.17, 15) is 135 Å². The van der Waals surface area contributed by atoms with Crippen molar-refractivity contribution in [1.82, 2.24) is 68.2 Å². The second-order valence-corrected chi connectivity index (χ2v) is 61.6. The predicted molar refractivity (Wildman–Crippen MR) is 532 cm³/mol. The average molecular weight is 2130 g/mol. The lowest BCUT2D eigenvalue weighted by atomic mass is 10.1. The van der Waals surface area contributed by atoms with Crippen LogP contribution in [0.2, 0.25) is 0 Å². The maximum absolute atomic E-state index is 13.2. The Morgan fingerprint density at radius 1 is 0.421 bits per heavy atom. The Morgan fingerprint density at radius 3 is 0.957 bits per heavy atom. The number of aromatic nitrogens is 10. The summed E-state index contributed by atoms with van der Waals surface area (Å²) in [6.07, 6.45) is 1.73. The van der Waals surface area contributed by atoms with Gasteiger partial charge in [0.25, 0.3) is 27.8 Å². The summed E-state index contributed by atoms with van der Waals surface area (Å²) in [6.45, 7) is 18.8. The molecule has 10 rings (SSSR count). The van der Waals surface area contributed by atoms with Gasteiger partial charge in [0.2, 0.25) is 5.91 Å². The van der Waals surface area contributed by atoms with Crippen molar-refractivity contribution in [3.8, 4) is 0 Å². The Hall–Kier alpha value is -7.44. The number of rotatable bonds is 31. The van der Waals surface area contributed by atoms with Crippen molar-refractivity contribution in [2.45, 2.75) is 240 Å². The Kier molecular flexibility index (Phi) is 43.0. The summed E-state index contributed by atoms with van der Waals surface area (Å²) >= 11 is 10.3. The van der Waals surface area contributed by atoms with E-state index in [0.717, 1.165) is 51.6 Å². The third kappa shape index (κ3) is 35.2. The second kappa shape index (κ2) is 49.6. The Labute approximate surface area is 812 Å². The van der Waals surface area contributed by atoms with Crippen molar-refractivity contribution < 1.29 is 125 Å². The quantitative estimate of drug-likeness (QED) is 0.0126. The van der Waals surface area contributed by atoms with Gasteiger partial charge in [0.05, 0.1) is 60.3 Å². The van der Waals surface area contributed by atoms with Gasteiger partial charge >= 0.3 is 47.2 Å². The number of ether oxygens (including phenoxy) is 6. The van der Waals surface area contributed by atoms with E-state index in [2.05, 4.69) is 97.1 Å². The summed E-state index contributed by atoms with van der Waals surface area (Å²) in [5.41, 5.74) is -6.66. The molecule has 0 bridgehead atoms. The number of aromatic amines is 5. The van der Waals surface area contributed by atoms with Gasteiger partial charge in [-0.25, -0.2) is 14.4 Å². The third-order valence-electron chi connectivity index (χ3n) is 22.3. The zero-order chi connectivity index (χ0) is 107. The van der Waals surface area contributed by atoms with Crippen LogP contribution in [0.1, 0.15) is 126 Å². The van der Waals surface area contributed by atoms with Gasteiger partial charge in [-0.1, -0.05) is 6.92 Å². The lowest BCUT2D eigenvalue weighted by Gasteiger charge is -2.26. The first-order chi connectivity index (χ1) is 64.1. The highest BCUT2D eigenvalue weighted by Crippen LogP contribution is 2.45. The molecule has 55 heteroatoms. The standard InChI is InChI=1S/C22H33F3N3O8P.C17H25F3N3O6P.C16H26N3O5PS.C15H26N3O5P.C15H25N2O4PS/c1-21(2,3)36-14(29)11-27(19(33)22(23,24)25)9-12-10-28(20(34)26-17(12)32)18-16(31)15(30)13(35-18)7-8-37(4,5)6;1-22(15(27)17(18,19)20)7-9-8-23(16(28)21-13(9)26)14-12(25)11(24)10(29-14)5-6-30(2,3)4;1-9(20)17-7-10-8-19(16(26)18-14(10)23)15-13(22)12(21)11(24-15)5-6-25(2,3)4;1-16-7-9-8-18(15(22)17-13(9)21)14-12(20)11(19)10(23-14)5-6-24(2,3)4;1-5-9-8-17(15(23)16-13(9)20)14-12(19)11(18)10(21-14)6-7-22(2,3)4/h10,13,15-16,18,30-31H,4,7-9,11H2,1-3,5-6H3,(H,26,32,34);8,10-12,14,24-25H,2,5-7H2,1,3-4H3,(H,21,26,28);8,11-13,15,21-22H,2,5-7H2,1,3-4H3,(H,17,20)(H,18,23,26);8,10-12,14,16,19-20H,2,5-7H2,1,3-4H3,(H,17,21,22);8,10-12,14,18-19H,2,5-7H2,1,3-4H3,(H,16,20,23)/t13-,15-,16-,18-;10-,11-,12-,14-;11-,12-,13-,15-;2*10-,11-,12-,14-/m11111/s1. The van der Waals surface area contributed by atoms with E-state index >= 15 is 0 Å². The summed E-state index contributed by atoms with van der Waals surface area (Å²) in [4.78, 5) is 155. The fourth-order valence-corrected chi connectivity index (χ4v) is 20.0. The summed E-state index contributed by atoms with van der Waals surface area (Å²) < 4.78 is 117. The smallest absolute Gasteiger partial charge is 0.459 e. The van der Waals surface area contributed by atoms with Crippen LogP contribution in [0.5, 0.6) is 0 Å². The molecular formula is C85H135F6N14O28P5S2. The first-order valence-corrected chi connectivity index (χ1v) is 60.1. The summed E-state index contributed by atoms with van der Waals surface area (Å²) in [5, 5.41) is 109. The normalized spacial score (nSPS) is 25.5. The number of carbonyl (C=O) groups excluding carboxylic acids is 4. The van der Waals surface area contributed by atoms with Crippen LogP contribution in [0.15, 0.2) is 69.3 Å². The molecular weight excluding hydrogens is 2000 g/mol. The van der Waals surface area contributed by atoms with Gasteiger partial charge in [0.15, 0.2) is 40.7 Å². The van der Waals surface area contributed by atoms with E-state index in [1.54, 1.807) is 13.2 Å². The first-order valence-electron chi connectivity index (χ1n) is 44.0. The minimum atomic E-state index is -5.37. The van der Waals surface area contributed by atoms with Crippen LogP contribution in [-0.2, 0) is 80.2 Å². The molecule has 3 amide bonds. The van der Waals surface area contributed by atoms with Crippen LogP contribution < -0.4 is 55.5 Å². The highest BCUT2D eigenvalue weighted by Gasteiger charge is 2.51. The van der Waals surface area contributed by atoms with Gasteiger partial charge in [-0.2, -0.15) is 26.3 Å². The van der Waals surface area contributed by atoms with E-state index < -0.39 is 257 Å². The molecule has 17 N–H and O–H groups in total. The topological polar surface area (TPSA) is 597 Å². The van der Waals surface area contributed by atoms with E-state index in [1.165, 1.54) is 49.2 Å². The zero-order valence-electron chi connectivity index (χ0n) is 81.1. The molecule has 140 heavy (non-hydrogen) atoms. The van der Waals surface area contributed by atoms with Gasteiger partial charge in [-0.05, 0) is 188 Å². The summed E-state index contributed by atoms with van der Waals surface area (Å²) in [6, 6.07) is 0. The molecule has 792 valence electrons. The first kappa shape index (κ1) is 121. The van der Waals surface area contributed by atoms with Crippen LogP contribution >= 0.6 is 58.9 Å². The van der Waals surface area contributed by atoms with E-state index in [0.29, 0.717) is 62.0 Å². The molecule has 5 aliphatic heterocycles. The van der Waals surface area contributed by atoms with E-state index in [-0.39, 0.29) is 55.0 Å². The number of hydrogen-bond acceptors (Lipinski definition) is 31. The molecule has 20 atom stereocenters. The number of amides is 3. The molecule has 0 aromatic carbocycles. The van der Waals surface area contributed by atoms with Crippen molar-refractivity contribution in [3.05, 3.63) is 152 Å². The molecule has 5 aromatic heterocycles. The van der Waals surface area contributed by atoms with Gasteiger partial charge in [0, 0.05) is 69.2 Å². The number of H-pyrrole nitrogens is 5. The molecule has 5 aliphatic rings. The van der Waals surface area contributed by atoms with Crippen LogP contribution in [0.25, 0.3) is 0 Å². The Morgan fingerprint density at radius 2 is 0.679 bits per heavy atom. The van der Waals surface area contributed by atoms with Crippen molar-refractivity contribution in [2.24, 2.45) is 0 Å². The zero-order valence-corrected chi connectivity index (χ0v) is 87.2. The van der Waals surface area contributed by atoms with Crippen molar-refractivity contribution >= 4 is 114 Å². The fourth-order valence-electron chi connectivity index (χ4n) is 14.7. The number of aliphatic hydroxyl groups is 10. The predicted octanol–water partition coefficient (Wildman–Crippen LogP) is 0.685. The fraction of sp³-hybridized carbons (Fsp3) is 0.659. The number of alkyl halides is 6. The lowest BCUT2D eigenvalue weighted by molar-refractivity contribution is -0.188. The monoisotopic (exact) mass is 2130 g/mol. The maximum atomic E-state index is 13.2. The number of aliphatic hydroxyl groups excluding tert-OH is 10. The lowest BCUT2D eigenvalue weighted by Crippen LogP contribution is -2.46. The van der Waals surface area contributed by atoms with Gasteiger partial charge in [0.1, 0.15) is 73.2 Å². The minimum Gasteiger partial charge on any atom is -0.459 e. The number of esters is 1. The van der Waals surface area contributed by atoms with Crippen LogP contribution in [0.3, 0.4) is 0 Å². The van der Waals surface area contributed by atoms with Crippen LogP contribution in [0.4, 0.5) is 26.3 Å². The highest BCUT2D eigenvalue weighted by molar-refractivity contribution is 7.73. The van der Waals surface area contributed by atoms with Gasteiger partial charge in [-0.15, -0.1) is 65.9 Å². The number of aryl methyl sites for hydroxylation is 1. The molecule has 0 spiro atoms. The molecule has 5 aromatic rings. The molecule has 10 heterocycles. The number of hydrogen-bond donors (Lipinski definition) is 17. The molecule has 5 fully saturated rings. The maximum Gasteiger partial charge on any atom is 0.471 e. The van der Waals surface area contributed by atoms with Crippen molar-refractivity contribution in [3.63, 3.8) is 0 Å². The molecule has 0 unspecified atom stereocenters. The van der Waals surface area contributed by atoms with Gasteiger partial charge in [-0.3, -0.25) is 90.9 Å². The highest BCUT2D eigenvalue weighted by atomic mass is 32.1. The SMILES string of the molecule is C=P(C)(C)CC[C@H]1O[C@@H](n2cc(CC)c(=O)[nH]c2=S)[C@H](O)[C@@H]1O.C=P(C)(C)CC[C@H]1O[C@@H](n2cc(CN(C)C(=O)C(F)(F)F)c(=O)[nH]c2=O)[C@H](O)[C@@H]1O.C=P(C)(C)CC[C@H]1O[C@@H](n2cc(CN(CC(=O)OC(C)(C)C)C(=O)C(F)(F)F)c(=O)[nH]c2=O)[C@H](O)[C@@H]1O.C=P(C)(C)CC[C@H]1O[C@@H](n2cc(CNC(C)=O)c(=O)[nH]c2=S)[C@H](O)[C@@H]1O.C=P(C)(C)CC[C@H]1O[C@@H](n2cc(CNC)c(=O)[nH]c2=O)[C@H](O)[C@@H]1O. The largest absolute Gasteiger partial charge is 0.471 e. The van der Waals surface area contributed by atoms with Crippen LogP contribution in [-0.4, -0.2) is 391 Å². The number of nitrogens with zero attached hydrogens (tertiary/aromatic N) is 7. The minimum absolute atomic E-state index is 0.0231. The van der Waals surface area contributed by atoms with E-state index in [4.69, 9.17) is 52.9 Å². The van der Waals surface area contributed by atoms with Crippen LogP contribution in [0, 0.1) is 9.54 Å². The Balaban J connectivity index is 0.000000271. The van der Waals surface area contributed by atoms with E-state index in [1.807, 2.05) is 43.6 Å². The molecule has 0 saturated carbocycles.